The predicted molar refractivity (Wildman–Crippen MR) is 96.2 cm³/mol. The van der Waals surface area contributed by atoms with E-state index in [4.69, 9.17) is 19.5 Å². The Morgan fingerprint density at radius 3 is 2.37 bits per heavy atom. The molecule has 0 aliphatic heterocycles. The number of carbonyl (C=O) groups excluding carboxylic acids is 2. The summed E-state index contributed by atoms with van der Waals surface area (Å²) in [5.41, 5.74) is 0.349. The van der Waals surface area contributed by atoms with E-state index in [2.05, 4.69) is 4.74 Å². The van der Waals surface area contributed by atoms with Crippen molar-refractivity contribution in [2.24, 2.45) is 0 Å². The number of rotatable bonds is 7. The molecule has 7 heteroatoms. The number of carbonyl (C=O) groups is 2. The van der Waals surface area contributed by atoms with E-state index in [1.54, 1.807) is 55.6 Å². The molecule has 0 aliphatic carbocycles. The molecule has 0 spiro atoms. The van der Waals surface area contributed by atoms with Gasteiger partial charge in [0.2, 0.25) is 0 Å². The molecular weight excluding hydrogens is 350 g/mol. The zero-order chi connectivity index (χ0) is 19.6. The number of hydrogen-bond acceptors (Lipinski definition) is 7. The normalized spacial score (nSPS) is 10.5. The molecule has 0 saturated heterocycles. The van der Waals surface area contributed by atoms with Crippen molar-refractivity contribution in [2.75, 3.05) is 20.8 Å². The molecule has 0 bridgehead atoms. The van der Waals surface area contributed by atoms with Crippen LogP contribution in [0.5, 0.6) is 17.2 Å². The topological polar surface area (TPSA) is 94.9 Å². The molecule has 0 amide bonds. The van der Waals surface area contributed by atoms with Gasteiger partial charge in [-0.3, -0.25) is 0 Å². The molecular formula is C20H17NO6. The fourth-order valence-corrected chi connectivity index (χ4v) is 2.06. The van der Waals surface area contributed by atoms with E-state index in [1.165, 1.54) is 19.3 Å². The average Bonchev–Trinajstić information content (AvgIpc) is 2.70. The first-order valence-corrected chi connectivity index (χ1v) is 7.83. The summed E-state index contributed by atoms with van der Waals surface area (Å²) >= 11 is 0. The molecule has 0 atom stereocenters. The predicted octanol–water partition coefficient (Wildman–Crippen LogP) is 2.76. The van der Waals surface area contributed by atoms with Gasteiger partial charge in [-0.2, -0.15) is 5.26 Å². The summed E-state index contributed by atoms with van der Waals surface area (Å²) in [6.45, 7) is -0.280. The highest BCUT2D eigenvalue weighted by atomic mass is 16.6. The highest BCUT2D eigenvalue weighted by Gasteiger charge is 2.10. The van der Waals surface area contributed by atoms with Crippen LogP contribution in [0.1, 0.15) is 5.56 Å². The van der Waals surface area contributed by atoms with E-state index < -0.39 is 11.9 Å². The maximum Gasteiger partial charge on any atom is 0.349 e. The van der Waals surface area contributed by atoms with E-state index in [9.17, 15) is 9.59 Å². The maximum absolute atomic E-state index is 11.9. The van der Waals surface area contributed by atoms with Crippen LogP contribution in [0.4, 0.5) is 0 Å². The van der Waals surface area contributed by atoms with Crippen LogP contribution in [-0.2, 0) is 14.3 Å². The molecule has 0 radical (unpaired) electrons. The summed E-state index contributed by atoms with van der Waals surface area (Å²) < 4.78 is 20.1. The molecule has 0 fully saturated rings. The summed E-state index contributed by atoms with van der Waals surface area (Å²) in [6, 6.07) is 14.9. The second-order valence-electron chi connectivity index (χ2n) is 5.17. The lowest BCUT2D eigenvalue weighted by atomic mass is 10.1. The highest BCUT2D eigenvalue weighted by Crippen LogP contribution is 2.18. The number of ether oxygens (including phenoxy) is 4. The zero-order valence-electron chi connectivity index (χ0n) is 14.8. The Kier molecular flexibility index (Phi) is 6.97. The number of hydrogen-bond donors (Lipinski definition) is 0. The van der Waals surface area contributed by atoms with Crippen molar-refractivity contribution in [2.45, 2.75) is 0 Å². The second kappa shape index (κ2) is 9.63. The molecule has 2 rings (SSSR count). The van der Waals surface area contributed by atoms with E-state index in [0.717, 1.165) is 0 Å². The van der Waals surface area contributed by atoms with Crippen molar-refractivity contribution >= 4 is 18.0 Å². The Morgan fingerprint density at radius 1 is 1.04 bits per heavy atom. The first-order valence-electron chi connectivity index (χ1n) is 7.83. The molecule has 0 N–H and O–H groups in total. The van der Waals surface area contributed by atoms with Crippen molar-refractivity contribution in [3.05, 3.63) is 59.7 Å². The largest absolute Gasteiger partial charge is 0.497 e. The van der Waals surface area contributed by atoms with Crippen molar-refractivity contribution in [3.8, 4) is 23.3 Å². The molecule has 0 heterocycles. The molecule has 0 aromatic heterocycles. The van der Waals surface area contributed by atoms with Gasteiger partial charge in [0, 0.05) is 0 Å². The van der Waals surface area contributed by atoms with Gasteiger partial charge in [0.15, 0.2) is 6.61 Å². The van der Waals surface area contributed by atoms with Gasteiger partial charge in [0.1, 0.15) is 28.9 Å². The van der Waals surface area contributed by atoms with Gasteiger partial charge in [-0.15, -0.1) is 0 Å². The molecule has 138 valence electrons. The van der Waals surface area contributed by atoms with Crippen molar-refractivity contribution < 1.29 is 28.5 Å². The van der Waals surface area contributed by atoms with Crippen molar-refractivity contribution in [1.82, 2.24) is 0 Å². The smallest absolute Gasteiger partial charge is 0.349 e. The lowest BCUT2D eigenvalue weighted by Crippen LogP contribution is -2.17. The molecule has 2 aromatic rings. The van der Waals surface area contributed by atoms with Crippen LogP contribution in [0.25, 0.3) is 6.08 Å². The second-order valence-corrected chi connectivity index (χ2v) is 5.17. The first kappa shape index (κ1) is 19.5. The quantitative estimate of drug-likeness (QED) is 0.321. The lowest BCUT2D eigenvalue weighted by molar-refractivity contribution is -0.137. The van der Waals surface area contributed by atoms with Crippen LogP contribution in [0, 0.1) is 11.3 Å². The van der Waals surface area contributed by atoms with Crippen LogP contribution >= 0.6 is 0 Å². The van der Waals surface area contributed by atoms with E-state index >= 15 is 0 Å². The number of esters is 2. The maximum atomic E-state index is 11.9. The van der Waals surface area contributed by atoms with E-state index in [0.29, 0.717) is 17.1 Å². The van der Waals surface area contributed by atoms with E-state index in [-0.39, 0.29) is 17.9 Å². The van der Waals surface area contributed by atoms with Crippen LogP contribution < -0.4 is 14.2 Å². The molecule has 0 saturated carbocycles. The highest BCUT2D eigenvalue weighted by molar-refractivity contribution is 5.97. The molecule has 0 unspecified atom stereocenters. The Hall–Kier alpha value is -3.79. The minimum absolute atomic E-state index is 0.163. The van der Waals surface area contributed by atoms with Crippen LogP contribution in [0.2, 0.25) is 0 Å². The molecule has 2 aromatic carbocycles. The Bertz CT molecular complexity index is 880. The van der Waals surface area contributed by atoms with Crippen LogP contribution in [0.15, 0.2) is 54.1 Å². The average molecular weight is 367 g/mol. The Balaban J connectivity index is 1.98. The lowest BCUT2D eigenvalue weighted by Gasteiger charge is -2.08. The minimum atomic E-state index is -0.743. The van der Waals surface area contributed by atoms with Gasteiger partial charge >= 0.3 is 11.9 Å². The summed E-state index contributed by atoms with van der Waals surface area (Å²) in [7, 11) is 2.75. The third-order valence-corrected chi connectivity index (χ3v) is 3.34. The minimum Gasteiger partial charge on any atom is -0.497 e. The van der Waals surface area contributed by atoms with Gasteiger partial charge in [-0.1, -0.05) is 12.1 Å². The van der Waals surface area contributed by atoms with Gasteiger partial charge < -0.3 is 18.9 Å². The standard InChI is InChI=1S/C20H17NO6/c1-24-16-6-8-17(9-7-16)26-13-19(22)27-18-5-3-4-14(11-18)10-15(12-21)20(23)25-2/h3-11H,13H2,1-2H3/b15-10+. The molecule has 27 heavy (non-hydrogen) atoms. The molecule has 7 nitrogen and oxygen atoms in total. The van der Waals surface area contributed by atoms with Crippen LogP contribution in [0.3, 0.4) is 0 Å². The number of nitrogens with zero attached hydrogens (tertiary/aromatic N) is 1. The van der Waals surface area contributed by atoms with E-state index in [1.807, 2.05) is 0 Å². The molecule has 0 aliphatic rings. The fraction of sp³-hybridized carbons (Fsp3) is 0.150. The SMILES string of the molecule is COC(=O)/C(C#N)=C/c1cccc(OC(=O)COc2ccc(OC)cc2)c1. The number of nitriles is 1. The van der Waals surface area contributed by atoms with Gasteiger partial charge in [-0.05, 0) is 48.0 Å². The van der Waals surface area contributed by atoms with Gasteiger partial charge in [-0.25, -0.2) is 9.59 Å². The summed E-state index contributed by atoms with van der Waals surface area (Å²) in [4.78, 5) is 23.4. The van der Waals surface area contributed by atoms with Crippen LogP contribution in [-0.4, -0.2) is 32.8 Å². The zero-order valence-corrected chi connectivity index (χ0v) is 14.8. The van der Waals surface area contributed by atoms with Gasteiger partial charge in [0.25, 0.3) is 0 Å². The third kappa shape index (κ3) is 5.90. The monoisotopic (exact) mass is 367 g/mol. The number of benzene rings is 2. The van der Waals surface area contributed by atoms with Crippen molar-refractivity contribution in [1.29, 1.82) is 5.26 Å². The Labute approximate surface area is 156 Å². The first-order chi connectivity index (χ1) is 13.0. The Morgan fingerprint density at radius 2 is 1.74 bits per heavy atom. The van der Waals surface area contributed by atoms with Gasteiger partial charge in [0.05, 0.1) is 14.2 Å². The summed E-state index contributed by atoms with van der Waals surface area (Å²) in [5, 5.41) is 8.99. The fourth-order valence-electron chi connectivity index (χ4n) is 2.06. The summed E-state index contributed by atoms with van der Waals surface area (Å²) in [5.74, 6) is 0.0992. The van der Waals surface area contributed by atoms with Crippen molar-refractivity contribution in [3.63, 3.8) is 0 Å². The number of methoxy groups -OCH3 is 2. The third-order valence-electron chi connectivity index (χ3n) is 3.34. The summed E-state index contributed by atoms with van der Waals surface area (Å²) in [6.07, 6.45) is 1.34.